The van der Waals surface area contributed by atoms with Gasteiger partial charge in [-0.15, -0.1) is 0 Å². The summed E-state index contributed by atoms with van der Waals surface area (Å²) >= 11 is 0. The Labute approximate surface area is 183 Å². The Morgan fingerprint density at radius 2 is 1.65 bits per heavy atom. The highest BCUT2D eigenvalue weighted by Crippen LogP contribution is 2.45. The highest BCUT2D eigenvalue weighted by molar-refractivity contribution is 5.81. The second-order valence-electron chi connectivity index (χ2n) is 10.2. The monoisotopic (exact) mass is 414 g/mol. The molecular formula is C26H32N5+. The average Bonchev–Trinajstić information content (AvgIpc) is 3.63. The number of rotatable bonds is 5. The highest BCUT2D eigenvalue weighted by Gasteiger charge is 2.51. The third-order valence-electron chi connectivity index (χ3n) is 7.69. The number of quaternary nitrogens is 1. The van der Waals surface area contributed by atoms with Crippen molar-refractivity contribution < 1.29 is 4.48 Å². The molecule has 0 atom stereocenters. The lowest BCUT2D eigenvalue weighted by molar-refractivity contribution is -0.943. The zero-order valence-electron chi connectivity index (χ0n) is 19.3. The minimum atomic E-state index is 0.825. The first-order valence-electron chi connectivity index (χ1n) is 11.6. The standard InChI is InChI=1S/C26H32N5/c1-16-13-17(2)24(18(3)14-16)30-25-22(7-6-12-27-25)29-23(19(4)28-26(29)30)15-31(5,20-8-9-20)21-10-11-21/h6-7,12-14,20-21H,8-11,15H2,1-5H3/q+1. The van der Waals surface area contributed by atoms with E-state index in [0.29, 0.717) is 0 Å². The molecule has 0 unspecified atom stereocenters. The molecule has 31 heavy (non-hydrogen) atoms. The van der Waals surface area contributed by atoms with E-state index >= 15 is 0 Å². The molecule has 160 valence electrons. The van der Waals surface area contributed by atoms with E-state index in [2.05, 4.69) is 68.0 Å². The van der Waals surface area contributed by atoms with Crippen molar-refractivity contribution in [1.29, 1.82) is 0 Å². The van der Waals surface area contributed by atoms with Crippen LogP contribution in [0.5, 0.6) is 0 Å². The van der Waals surface area contributed by atoms with Gasteiger partial charge in [0.05, 0.1) is 36.0 Å². The fraction of sp³-hybridized carbons (Fsp3) is 0.462. The van der Waals surface area contributed by atoms with E-state index in [1.54, 1.807) is 0 Å². The summed E-state index contributed by atoms with van der Waals surface area (Å²) in [5, 5.41) is 0. The van der Waals surface area contributed by atoms with Crippen LogP contribution in [0.3, 0.4) is 0 Å². The second kappa shape index (κ2) is 6.42. The number of pyridine rings is 1. The zero-order chi connectivity index (χ0) is 21.5. The average molecular weight is 415 g/mol. The number of benzene rings is 1. The number of aryl methyl sites for hydroxylation is 4. The van der Waals surface area contributed by atoms with Gasteiger partial charge in [-0.05, 0) is 51.0 Å². The van der Waals surface area contributed by atoms with Crippen LogP contribution in [0.2, 0.25) is 0 Å². The Balaban J connectivity index is 1.63. The maximum atomic E-state index is 5.15. The van der Waals surface area contributed by atoms with E-state index in [4.69, 9.17) is 9.97 Å². The highest BCUT2D eigenvalue weighted by atomic mass is 15.4. The molecule has 3 heterocycles. The van der Waals surface area contributed by atoms with Crippen molar-refractivity contribution in [2.75, 3.05) is 7.05 Å². The van der Waals surface area contributed by atoms with Crippen molar-refractivity contribution in [3.8, 4) is 5.69 Å². The van der Waals surface area contributed by atoms with Gasteiger partial charge in [-0.25, -0.2) is 9.97 Å². The summed E-state index contributed by atoms with van der Waals surface area (Å²) in [6.45, 7) is 9.81. The number of aromatic nitrogens is 4. The van der Waals surface area contributed by atoms with Crippen LogP contribution in [0.1, 0.15) is 53.8 Å². The Morgan fingerprint density at radius 3 is 2.26 bits per heavy atom. The Bertz CT molecular complexity index is 1300. The minimum absolute atomic E-state index is 0.825. The van der Waals surface area contributed by atoms with Gasteiger partial charge in [-0.2, -0.15) is 0 Å². The molecule has 0 radical (unpaired) electrons. The molecule has 2 aliphatic carbocycles. The molecule has 1 aromatic carbocycles. The zero-order valence-corrected chi connectivity index (χ0v) is 19.3. The molecule has 0 spiro atoms. The summed E-state index contributed by atoms with van der Waals surface area (Å²) in [5.74, 6) is 0.995. The molecule has 2 fully saturated rings. The van der Waals surface area contributed by atoms with Crippen LogP contribution in [0.4, 0.5) is 0 Å². The molecule has 0 aliphatic heterocycles. The molecule has 0 amide bonds. The van der Waals surface area contributed by atoms with Crippen molar-refractivity contribution >= 4 is 16.9 Å². The predicted molar refractivity (Wildman–Crippen MR) is 125 cm³/mol. The lowest BCUT2D eigenvalue weighted by Crippen LogP contribution is -2.47. The van der Waals surface area contributed by atoms with Crippen molar-refractivity contribution in [1.82, 2.24) is 18.9 Å². The van der Waals surface area contributed by atoms with E-state index in [9.17, 15) is 0 Å². The topological polar surface area (TPSA) is 35.1 Å². The van der Waals surface area contributed by atoms with Crippen LogP contribution in [0.25, 0.3) is 22.6 Å². The fourth-order valence-corrected chi connectivity index (χ4v) is 5.90. The molecule has 5 nitrogen and oxygen atoms in total. The van der Waals surface area contributed by atoms with Gasteiger partial charge in [0.15, 0.2) is 5.65 Å². The van der Waals surface area contributed by atoms with Crippen LogP contribution in [0, 0.1) is 27.7 Å². The maximum Gasteiger partial charge on any atom is 0.221 e. The van der Waals surface area contributed by atoms with Gasteiger partial charge in [-0.3, -0.25) is 8.97 Å². The first-order chi connectivity index (χ1) is 14.9. The van der Waals surface area contributed by atoms with Gasteiger partial charge in [0, 0.05) is 31.9 Å². The molecule has 4 aromatic rings. The Hall–Kier alpha value is -2.66. The summed E-state index contributed by atoms with van der Waals surface area (Å²) in [6, 6.07) is 10.4. The van der Waals surface area contributed by atoms with Gasteiger partial charge in [0.25, 0.3) is 0 Å². The number of nitrogens with zero attached hydrogens (tertiary/aromatic N) is 5. The summed E-state index contributed by atoms with van der Waals surface area (Å²) in [5.41, 5.74) is 9.70. The number of hydrogen-bond acceptors (Lipinski definition) is 2. The van der Waals surface area contributed by atoms with Gasteiger partial charge in [0.2, 0.25) is 5.78 Å². The van der Waals surface area contributed by atoms with Crippen LogP contribution >= 0.6 is 0 Å². The van der Waals surface area contributed by atoms with Gasteiger partial charge >= 0.3 is 0 Å². The van der Waals surface area contributed by atoms with Crippen LogP contribution in [0.15, 0.2) is 30.5 Å². The lowest BCUT2D eigenvalue weighted by Gasteiger charge is -2.35. The molecule has 0 N–H and O–H groups in total. The second-order valence-corrected chi connectivity index (χ2v) is 10.2. The normalized spacial score (nSPS) is 17.2. The van der Waals surface area contributed by atoms with Crippen LogP contribution in [-0.2, 0) is 6.54 Å². The van der Waals surface area contributed by atoms with Crippen molar-refractivity contribution in [3.63, 3.8) is 0 Å². The molecular weight excluding hydrogens is 382 g/mol. The SMILES string of the molecule is Cc1cc(C)c(-n2c3ncccc3n3c(C[N+](C)(C4CC4)C4CC4)c(C)nc23)c(C)c1. The third kappa shape index (κ3) is 2.79. The van der Waals surface area contributed by atoms with Crippen molar-refractivity contribution in [3.05, 3.63) is 58.5 Å². The van der Waals surface area contributed by atoms with Crippen LogP contribution in [-0.4, -0.2) is 42.6 Å². The molecule has 6 rings (SSSR count). The number of imidazole rings is 2. The Morgan fingerprint density at radius 1 is 1.00 bits per heavy atom. The summed E-state index contributed by atoms with van der Waals surface area (Å²) < 4.78 is 5.87. The van der Waals surface area contributed by atoms with E-state index in [-0.39, 0.29) is 0 Å². The number of hydrogen-bond donors (Lipinski definition) is 0. The molecule has 2 saturated carbocycles. The first-order valence-corrected chi connectivity index (χ1v) is 11.6. The molecule has 3 aromatic heterocycles. The van der Waals surface area contributed by atoms with E-state index in [1.165, 1.54) is 58.2 Å². The Kier molecular flexibility index (Phi) is 3.95. The quantitative estimate of drug-likeness (QED) is 0.422. The van der Waals surface area contributed by atoms with Crippen LogP contribution < -0.4 is 0 Å². The third-order valence-corrected chi connectivity index (χ3v) is 7.69. The van der Waals surface area contributed by atoms with Crippen molar-refractivity contribution in [2.45, 2.75) is 72.0 Å². The van der Waals surface area contributed by atoms with Crippen molar-refractivity contribution in [2.24, 2.45) is 0 Å². The van der Waals surface area contributed by atoms with Gasteiger partial charge in [0.1, 0.15) is 12.2 Å². The van der Waals surface area contributed by atoms with E-state index in [1.807, 2.05) is 6.20 Å². The summed E-state index contributed by atoms with van der Waals surface area (Å²) in [7, 11) is 2.49. The molecule has 0 bridgehead atoms. The van der Waals surface area contributed by atoms with E-state index < -0.39 is 0 Å². The van der Waals surface area contributed by atoms with Gasteiger partial charge in [-0.1, -0.05) is 17.7 Å². The molecule has 2 aliphatic rings. The smallest absolute Gasteiger partial charge is 0.221 e. The largest absolute Gasteiger partial charge is 0.316 e. The summed E-state index contributed by atoms with van der Waals surface area (Å²) in [6.07, 6.45) is 7.40. The van der Waals surface area contributed by atoms with Gasteiger partial charge < -0.3 is 4.48 Å². The molecule has 5 heteroatoms. The summed E-state index contributed by atoms with van der Waals surface area (Å²) in [4.78, 5) is 9.98. The molecule has 0 saturated heterocycles. The number of fused-ring (bicyclic) bond motifs is 3. The first kappa shape index (κ1) is 19.1. The van der Waals surface area contributed by atoms with E-state index in [0.717, 1.165) is 41.3 Å². The maximum absolute atomic E-state index is 5.15. The fourth-order valence-electron chi connectivity index (χ4n) is 5.90. The lowest BCUT2D eigenvalue weighted by atomic mass is 10.1. The predicted octanol–water partition coefficient (Wildman–Crippen LogP) is 5.18. The minimum Gasteiger partial charge on any atom is -0.316 e.